The molecular weight excluding hydrogens is 210 g/mol. The molecule has 0 N–H and O–H groups in total. The predicted molar refractivity (Wildman–Crippen MR) is 53.5 cm³/mol. The maximum atomic E-state index is 13.2. The normalized spacial score (nSPS) is 11.0. The molecule has 4 heteroatoms. The summed E-state index contributed by atoms with van der Waals surface area (Å²) >= 11 is 2.37. The highest BCUT2D eigenvalue weighted by atomic mass is 32.2. The molecule has 0 amide bonds. The maximum absolute atomic E-state index is 13.2. The highest BCUT2D eigenvalue weighted by molar-refractivity contribution is 7.98. The number of thioether (sulfide) groups is 1. The molecule has 0 aliphatic heterocycles. The monoisotopic (exact) mass is 216 g/mol. The first-order chi connectivity index (χ1) is 6.20. The smallest absolute Gasteiger partial charge is 0.177 e. The van der Waals surface area contributed by atoms with Gasteiger partial charge in [0.15, 0.2) is 5.13 Å². The molecule has 1 heterocycles. The Morgan fingerprint density at radius 3 is 2.69 bits per heavy atom. The molecule has 0 radical (unpaired) electrons. The molecule has 13 heavy (non-hydrogen) atoms. The van der Waals surface area contributed by atoms with Crippen molar-refractivity contribution in [3.8, 4) is 0 Å². The van der Waals surface area contributed by atoms with E-state index in [4.69, 9.17) is 0 Å². The van der Waals surface area contributed by atoms with Gasteiger partial charge in [0, 0.05) is 9.60 Å². The van der Waals surface area contributed by atoms with Gasteiger partial charge < -0.3 is 0 Å². The molecule has 1 aromatic carbocycles. The molecule has 0 aliphatic carbocycles. The van der Waals surface area contributed by atoms with Crippen LogP contribution in [0.25, 0.3) is 10.1 Å². The van der Waals surface area contributed by atoms with Crippen molar-refractivity contribution in [3.63, 3.8) is 0 Å². The third-order valence-electron chi connectivity index (χ3n) is 1.76. The fourth-order valence-electron chi connectivity index (χ4n) is 1.16. The Morgan fingerprint density at radius 2 is 2.00 bits per heavy atom. The Balaban J connectivity index is 2.72. The van der Waals surface area contributed by atoms with Crippen molar-refractivity contribution in [1.82, 2.24) is 0 Å². The van der Waals surface area contributed by atoms with Crippen LogP contribution < -0.4 is 0 Å². The lowest BCUT2D eigenvalue weighted by atomic mass is 10.2. The van der Waals surface area contributed by atoms with E-state index in [1.165, 1.54) is 23.9 Å². The third-order valence-corrected chi connectivity index (χ3v) is 3.40. The number of thiophene rings is 1. The highest BCUT2D eigenvalue weighted by Crippen LogP contribution is 2.30. The van der Waals surface area contributed by atoms with Gasteiger partial charge in [-0.25, -0.2) is 4.39 Å². The minimum atomic E-state index is -0.280. The Morgan fingerprint density at radius 1 is 1.23 bits per heavy atom. The molecule has 0 saturated carbocycles. The van der Waals surface area contributed by atoms with E-state index in [0.29, 0.717) is 10.3 Å². The van der Waals surface area contributed by atoms with E-state index in [1.807, 2.05) is 0 Å². The van der Waals surface area contributed by atoms with Gasteiger partial charge in [-0.2, -0.15) is 4.39 Å². The summed E-state index contributed by atoms with van der Waals surface area (Å²) in [6, 6.07) is 4.41. The fourth-order valence-corrected chi connectivity index (χ4v) is 2.54. The SMILES string of the molecule is CSc1cc2sc(F)cc2cc1F. The molecule has 2 aromatic rings. The van der Waals surface area contributed by atoms with Crippen LogP contribution >= 0.6 is 23.1 Å². The average molecular weight is 216 g/mol. The number of hydrogen-bond donors (Lipinski definition) is 0. The predicted octanol–water partition coefficient (Wildman–Crippen LogP) is 3.90. The number of benzene rings is 1. The Kier molecular flexibility index (Phi) is 2.26. The van der Waals surface area contributed by atoms with Crippen molar-refractivity contribution in [2.45, 2.75) is 4.90 Å². The maximum Gasteiger partial charge on any atom is 0.177 e. The van der Waals surface area contributed by atoms with E-state index < -0.39 is 0 Å². The van der Waals surface area contributed by atoms with Gasteiger partial charge in [0.2, 0.25) is 0 Å². The standard InChI is InChI=1S/C9H6F2S2/c1-12-8-4-7-5(2-6(8)10)3-9(11)13-7/h2-4H,1H3. The number of rotatable bonds is 1. The molecule has 0 nitrogen and oxygen atoms in total. The zero-order valence-corrected chi connectivity index (χ0v) is 8.44. The number of halogens is 2. The van der Waals surface area contributed by atoms with Crippen LogP contribution in [-0.2, 0) is 0 Å². The van der Waals surface area contributed by atoms with Crippen molar-refractivity contribution in [1.29, 1.82) is 0 Å². The van der Waals surface area contributed by atoms with Crippen molar-refractivity contribution >= 4 is 33.2 Å². The van der Waals surface area contributed by atoms with Crippen LogP contribution in [0.4, 0.5) is 8.78 Å². The van der Waals surface area contributed by atoms with E-state index in [1.54, 1.807) is 12.3 Å². The summed E-state index contributed by atoms with van der Waals surface area (Å²) in [5.41, 5.74) is 0. The van der Waals surface area contributed by atoms with E-state index in [0.717, 1.165) is 16.0 Å². The first-order valence-corrected chi connectivity index (χ1v) is 5.67. The molecule has 0 fully saturated rings. The molecule has 2 rings (SSSR count). The second-order valence-corrected chi connectivity index (χ2v) is 4.46. The lowest BCUT2D eigenvalue weighted by Gasteiger charge is -1.97. The van der Waals surface area contributed by atoms with Crippen LogP contribution in [0.1, 0.15) is 0 Å². The van der Waals surface area contributed by atoms with Gasteiger partial charge in [-0.05, 0) is 29.8 Å². The van der Waals surface area contributed by atoms with Gasteiger partial charge >= 0.3 is 0 Å². The van der Waals surface area contributed by atoms with Crippen LogP contribution in [0.15, 0.2) is 23.1 Å². The van der Waals surface area contributed by atoms with E-state index in [9.17, 15) is 8.78 Å². The van der Waals surface area contributed by atoms with E-state index >= 15 is 0 Å². The first kappa shape index (κ1) is 8.97. The van der Waals surface area contributed by atoms with Crippen LogP contribution in [0.3, 0.4) is 0 Å². The van der Waals surface area contributed by atoms with Gasteiger partial charge in [-0.1, -0.05) is 0 Å². The Labute approximate surface area is 82.6 Å². The molecule has 1 aromatic heterocycles. The fraction of sp³-hybridized carbons (Fsp3) is 0.111. The molecule has 0 atom stereocenters. The molecule has 68 valence electrons. The van der Waals surface area contributed by atoms with Gasteiger partial charge in [-0.15, -0.1) is 23.1 Å². The summed E-state index contributed by atoms with van der Waals surface area (Å²) in [5, 5.41) is 0.366. The summed E-state index contributed by atoms with van der Waals surface area (Å²) in [7, 11) is 0. The first-order valence-electron chi connectivity index (χ1n) is 3.63. The minimum absolute atomic E-state index is 0.271. The zero-order chi connectivity index (χ0) is 9.42. The lowest BCUT2D eigenvalue weighted by Crippen LogP contribution is -1.77. The zero-order valence-electron chi connectivity index (χ0n) is 6.80. The van der Waals surface area contributed by atoms with Gasteiger partial charge in [-0.3, -0.25) is 0 Å². The van der Waals surface area contributed by atoms with E-state index in [2.05, 4.69) is 0 Å². The van der Waals surface area contributed by atoms with Crippen LogP contribution in [0.5, 0.6) is 0 Å². The van der Waals surface area contributed by atoms with Crippen LogP contribution in [-0.4, -0.2) is 6.26 Å². The number of fused-ring (bicyclic) bond motifs is 1. The largest absolute Gasteiger partial charge is 0.206 e. The molecule has 0 spiro atoms. The summed E-state index contributed by atoms with van der Waals surface area (Å²) in [6.45, 7) is 0. The Bertz CT molecular complexity index is 448. The third kappa shape index (κ3) is 1.56. The van der Waals surface area contributed by atoms with Crippen molar-refractivity contribution < 1.29 is 8.78 Å². The van der Waals surface area contributed by atoms with Gasteiger partial charge in [0.05, 0.1) is 0 Å². The lowest BCUT2D eigenvalue weighted by molar-refractivity contribution is 0.604. The Hall–Kier alpha value is -0.610. The second kappa shape index (κ2) is 3.27. The topological polar surface area (TPSA) is 0 Å². The van der Waals surface area contributed by atoms with Crippen molar-refractivity contribution in [2.24, 2.45) is 0 Å². The van der Waals surface area contributed by atoms with Crippen molar-refractivity contribution in [3.05, 3.63) is 29.1 Å². The van der Waals surface area contributed by atoms with Crippen LogP contribution in [0, 0.1) is 10.9 Å². The molecule has 0 saturated heterocycles. The average Bonchev–Trinajstić information content (AvgIpc) is 2.42. The summed E-state index contributed by atoms with van der Waals surface area (Å²) in [5.74, 6) is -0.280. The van der Waals surface area contributed by atoms with E-state index in [-0.39, 0.29) is 10.9 Å². The quantitative estimate of drug-likeness (QED) is 0.651. The molecule has 0 unspecified atom stereocenters. The highest BCUT2D eigenvalue weighted by Gasteiger charge is 2.06. The molecule has 0 bridgehead atoms. The summed E-state index contributed by atoms with van der Waals surface area (Å²) < 4.78 is 26.8. The number of hydrogen-bond acceptors (Lipinski definition) is 2. The van der Waals surface area contributed by atoms with Crippen molar-refractivity contribution in [2.75, 3.05) is 6.26 Å². The summed E-state index contributed by atoms with van der Waals surface area (Å²) in [6.07, 6.45) is 1.80. The van der Waals surface area contributed by atoms with Gasteiger partial charge in [0.25, 0.3) is 0 Å². The van der Waals surface area contributed by atoms with Gasteiger partial charge in [0.1, 0.15) is 5.82 Å². The summed E-state index contributed by atoms with van der Waals surface area (Å²) in [4.78, 5) is 0.564. The second-order valence-electron chi connectivity index (χ2n) is 2.58. The van der Waals surface area contributed by atoms with Crippen LogP contribution in [0.2, 0.25) is 0 Å². The minimum Gasteiger partial charge on any atom is -0.206 e. The molecule has 0 aliphatic rings. The molecular formula is C9H6F2S2.